The summed E-state index contributed by atoms with van der Waals surface area (Å²) in [6, 6.07) is 0. The summed E-state index contributed by atoms with van der Waals surface area (Å²) in [5, 5.41) is 10.8. The van der Waals surface area contributed by atoms with Crippen LogP contribution in [0, 0.1) is 249 Å². The standard InChI is InChI=1S/4C22H27N/c4*1-10-12(3)16(7)21-19(14(10)5)18(9)20-15(6)11(2)13(4)17(8)22(20)23-21/h4*1-9H3. The van der Waals surface area contributed by atoms with Crippen LogP contribution in [-0.4, -0.2) is 19.9 Å². The minimum absolute atomic E-state index is 1.18. The second-order valence-electron chi connectivity index (χ2n) is 28.7. The van der Waals surface area contributed by atoms with E-state index in [1.54, 1.807) is 0 Å². The monoisotopic (exact) mass is 1220 g/mol. The number of aryl methyl sites for hydroxylation is 20. The molecule has 0 unspecified atom stereocenters. The Morgan fingerprint density at radius 3 is 0.250 bits per heavy atom. The van der Waals surface area contributed by atoms with E-state index in [0.717, 1.165) is 0 Å². The van der Waals surface area contributed by atoms with Gasteiger partial charge in [0.15, 0.2) is 0 Å². The lowest BCUT2D eigenvalue weighted by Crippen LogP contribution is -2.03. The van der Waals surface area contributed by atoms with Crippen molar-refractivity contribution in [3.63, 3.8) is 0 Å². The topological polar surface area (TPSA) is 51.6 Å². The summed E-state index contributed by atoms with van der Waals surface area (Å²) < 4.78 is 0. The maximum Gasteiger partial charge on any atom is 0.0747 e. The summed E-state index contributed by atoms with van der Waals surface area (Å²) >= 11 is 0. The average Bonchev–Trinajstić information content (AvgIpc) is 0.754. The molecule has 8 aromatic carbocycles. The van der Waals surface area contributed by atoms with Crippen LogP contribution in [-0.2, 0) is 0 Å². The number of benzene rings is 8. The predicted molar refractivity (Wildman–Crippen MR) is 408 cm³/mol. The Morgan fingerprint density at radius 2 is 0.163 bits per heavy atom. The van der Waals surface area contributed by atoms with Crippen molar-refractivity contribution in [2.75, 3.05) is 0 Å². The van der Waals surface area contributed by atoms with E-state index in [1.807, 2.05) is 0 Å². The van der Waals surface area contributed by atoms with Gasteiger partial charge in [-0.2, -0.15) is 0 Å². The van der Waals surface area contributed by atoms with Crippen molar-refractivity contribution < 1.29 is 0 Å². The van der Waals surface area contributed by atoms with Crippen LogP contribution in [0.2, 0.25) is 0 Å². The van der Waals surface area contributed by atoms with Crippen LogP contribution in [0.4, 0.5) is 0 Å². The van der Waals surface area contributed by atoms with Crippen LogP contribution in [0.1, 0.15) is 200 Å². The van der Waals surface area contributed by atoms with Crippen molar-refractivity contribution in [2.45, 2.75) is 249 Å². The summed E-state index contributed by atoms with van der Waals surface area (Å²) in [5.41, 5.74) is 58.8. The molecule has 4 nitrogen and oxygen atoms in total. The van der Waals surface area contributed by atoms with Crippen LogP contribution in [0.3, 0.4) is 0 Å². The van der Waals surface area contributed by atoms with Gasteiger partial charge in [0.05, 0.1) is 44.1 Å². The fourth-order valence-corrected chi connectivity index (χ4v) is 16.1. The molecule has 4 aromatic heterocycles. The third-order valence-electron chi connectivity index (χ3n) is 25.1. The molecule has 0 fully saturated rings. The first kappa shape index (κ1) is 68.8. The van der Waals surface area contributed by atoms with Crippen LogP contribution in [0.25, 0.3) is 87.2 Å². The highest BCUT2D eigenvalue weighted by atomic mass is 14.7. The molecule has 0 amide bonds. The first-order valence-corrected chi connectivity index (χ1v) is 33.8. The molecule has 480 valence electrons. The van der Waals surface area contributed by atoms with Gasteiger partial charge < -0.3 is 0 Å². The van der Waals surface area contributed by atoms with E-state index >= 15 is 0 Å². The molecule has 4 heterocycles. The van der Waals surface area contributed by atoms with E-state index in [1.165, 1.54) is 288 Å². The molecule has 0 aliphatic heterocycles. The second-order valence-corrected chi connectivity index (χ2v) is 28.7. The number of hydrogen-bond acceptors (Lipinski definition) is 4. The van der Waals surface area contributed by atoms with E-state index in [2.05, 4.69) is 249 Å². The van der Waals surface area contributed by atoms with Crippen LogP contribution >= 0.6 is 0 Å². The van der Waals surface area contributed by atoms with Crippen molar-refractivity contribution in [2.24, 2.45) is 0 Å². The highest BCUT2D eigenvalue weighted by molar-refractivity contribution is 6.08. The normalized spacial score (nSPS) is 11.7. The molecular weight excluding hydrogens is 1110 g/mol. The fraction of sp³-hybridized carbons (Fsp3) is 0.409. The molecule has 12 rings (SSSR count). The van der Waals surface area contributed by atoms with Crippen molar-refractivity contribution in [3.8, 4) is 0 Å². The van der Waals surface area contributed by atoms with Gasteiger partial charge in [0.25, 0.3) is 0 Å². The van der Waals surface area contributed by atoms with Crippen LogP contribution in [0.15, 0.2) is 0 Å². The molecule has 0 saturated heterocycles. The molecule has 92 heavy (non-hydrogen) atoms. The Balaban J connectivity index is 0.000000145. The quantitative estimate of drug-likeness (QED) is 0.142. The zero-order valence-electron chi connectivity index (χ0n) is 63.8. The molecule has 0 radical (unpaired) electrons. The third kappa shape index (κ3) is 10.1. The molecule has 0 bridgehead atoms. The Morgan fingerprint density at radius 1 is 0.0870 bits per heavy atom. The smallest absolute Gasteiger partial charge is 0.0747 e. The average molecular weight is 1220 g/mol. The minimum Gasteiger partial charge on any atom is -0.247 e. The zero-order valence-corrected chi connectivity index (χ0v) is 63.8. The Labute approximate surface area is 553 Å². The summed E-state index contributed by atoms with van der Waals surface area (Å²) in [6.45, 7) is 80.4. The van der Waals surface area contributed by atoms with E-state index < -0.39 is 0 Å². The van der Waals surface area contributed by atoms with E-state index in [9.17, 15) is 0 Å². The molecule has 0 aliphatic rings. The summed E-state index contributed by atoms with van der Waals surface area (Å²) in [5.74, 6) is 0. The number of nitrogens with zero attached hydrogens (tertiary/aromatic N) is 4. The number of hydrogen-bond donors (Lipinski definition) is 0. The Bertz CT molecular complexity index is 4310. The molecule has 0 atom stereocenters. The molecule has 12 aromatic rings. The SMILES string of the molecule is Cc1c(C)c(C)c2c(C)c3c(C)c(C)c(C)c(C)c3nc2c1C.Cc1c(C)c(C)c2c(C)c3c(C)c(C)c(C)c(C)c3nc2c1C.Cc1c(C)c(C)c2c(C)c3c(C)c(C)c(C)c(C)c3nc2c1C.Cc1c(C)c(C)c2c(C)c3c(C)c(C)c(C)c(C)c3nc2c1C. The maximum absolute atomic E-state index is 5.16. The maximum atomic E-state index is 5.16. The Hall–Kier alpha value is -7.56. The predicted octanol–water partition coefficient (Wildman–Crippen LogP) is 24.7. The lowest BCUT2D eigenvalue weighted by Gasteiger charge is -2.20. The van der Waals surface area contributed by atoms with Crippen molar-refractivity contribution in [1.29, 1.82) is 0 Å². The van der Waals surface area contributed by atoms with Crippen molar-refractivity contribution >= 4 is 87.2 Å². The van der Waals surface area contributed by atoms with Gasteiger partial charge in [-0.3, -0.25) is 0 Å². The molecule has 4 heteroatoms. The van der Waals surface area contributed by atoms with E-state index in [-0.39, 0.29) is 0 Å². The summed E-state index contributed by atoms with van der Waals surface area (Å²) in [7, 11) is 0. The van der Waals surface area contributed by atoms with Gasteiger partial charge in [-0.15, -0.1) is 0 Å². The summed E-state index contributed by atoms with van der Waals surface area (Å²) in [4.78, 5) is 20.7. The summed E-state index contributed by atoms with van der Waals surface area (Å²) in [6.07, 6.45) is 0. The van der Waals surface area contributed by atoms with Gasteiger partial charge in [0.1, 0.15) is 0 Å². The highest BCUT2D eigenvalue weighted by Gasteiger charge is 2.24. The fourth-order valence-electron chi connectivity index (χ4n) is 16.1. The lowest BCUT2D eigenvalue weighted by atomic mass is 9.87. The highest BCUT2D eigenvalue weighted by Crippen LogP contribution is 2.43. The molecule has 0 saturated carbocycles. The largest absolute Gasteiger partial charge is 0.247 e. The van der Waals surface area contributed by atoms with Gasteiger partial charge in [-0.25, -0.2) is 19.9 Å². The molecule has 0 spiro atoms. The van der Waals surface area contributed by atoms with Crippen LogP contribution in [0.5, 0.6) is 0 Å². The van der Waals surface area contributed by atoms with E-state index in [4.69, 9.17) is 19.9 Å². The molecule has 0 aliphatic carbocycles. The molecular formula is C88H108N4. The van der Waals surface area contributed by atoms with Crippen molar-refractivity contribution in [3.05, 3.63) is 200 Å². The first-order chi connectivity index (χ1) is 42.7. The van der Waals surface area contributed by atoms with Gasteiger partial charge in [-0.1, -0.05) is 0 Å². The number of pyridine rings is 4. The van der Waals surface area contributed by atoms with Gasteiger partial charge in [0, 0.05) is 43.1 Å². The lowest BCUT2D eigenvalue weighted by molar-refractivity contribution is 1.20. The van der Waals surface area contributed by atoms with Crippen molar-refractivity contribution in [1.82, 2.24) is 19.9 Å². The first-order valence-electron chi connectivity index (χ1n) is 33.8. The second kappa shape index (κ2) is 24.4. The van der Waals surface area contributed by atoms with Gasteiger partial charge in [0.2, 0.25) is 0 Å². The van der Waals surface area contributed by atoms with E-state index in [0.29, 0.717) is 0 Å². The van der Waals surface area contributed by atoms with Crippen LogP contribution < -0.4 is 0 Å². The van der Waals surface area contributed by atoms with Gasteiger partial charge >= 0.3 is 0 Å². The Kier molecular flexibility index (Phi) is 18.2. The zero-order chi connectivity index (χ0) is 68.9. The van der Waals surface area contributed by atoms with Gasteiger partial charge in [-0.05, 0) is 450 Å². The number of rotatable bonds is 0. The third-order valence-corrected chi connectivity index (χ3v) is 25.1. The number of fused-ring (bicyclic) bond motifs is 8. The molecule has 0 N–H and O–H groups in total. The minimum atomic E-state index is 1.18. The number of aromatic nitrogens is 4.